The summed E-state index contributed by atoms with van der Waals surface area (Å²) in [6.07, 6.45) is 0. The van der Waals surface area contributed by atoms with E-state index < -0.39 is 23.4 Å². The van der Waals surface area contributed by atoms with Crippen LogP contribution in [0.1, 0.15) is 12.5 Å². The molecule has 0 spiro atoms. The Morgan fingerprint density at radius 2 is 1.48 bits per heavy atom. The summed E-state index contributed by atoms with van der Waals surface area (Å²) in [4.78, 5) is 38.7. The number of carbonyl (C=O) groups is 3. The molecule has 1 fully saturated rings. The Balaban J connectivity index is 1.38. The molecular weight excluding hydrogens is 394 g/mol. The molecule has 1 heterocycles. The zero-order valence-corrected chi connectivity index (χ0v) is 16.9. The Kier molecular flexibility index (Phi) is 5.41. The summed E-state index contributed by atoms with van der Waals surface area (Å²) in [6.45, 7) is 1.25. The summed E-state index contributed by atoms with van der Waals surface area (Å²) in [5, 5.41) is 5.39. The van der Waals surface area contributed by atoms with Crippen LogP contribution in [-0.2, 0) is 15.1 Å². The van der Waals surface area contributed by atoms with Gasteiger partial charge in [-0.05, 0) is 48.9 Å². The van der Waals surface area contributed by atoms with Gasteiger partial charge in [-0.3, -0.25) is 14.5 Å². The predicted molar refractivity (Wildman–Crippen MR) is 116 cm³/mol. The van der Waals surface area contributed by atoms with Gasteiger partial charge in [-0.25, -0.2) is 4.79 Å². The number of carbonyl (C=O) groups excluding carboxylic acids is 3. The first-order chi connectivity index (χ1) is 15.0. The van der Waals surface area contributed by atoms with E-state index in [4.69, 9.17) is 4.74 Å². The van der Waals surface area contributed by atoms with Crippen LogP contribution in [0.2, 0.25) is 0 Å². The van der Waals surface area contributed by atoms with Crippen LogP contribution < -0.4 is 15.4 Å². The van der Waals surface area contributed by atoms with E-state index in [1.165, 1.54) is 0 Å². The molecule has 1 aliphatic heterocycles. The fourth-order valence-electron chi connectivity index (χ4n) is 3.38. The zero-order valence-electron chi connectivity index (χ0n) is 16.9. The van der Waals surface area contributed by atoms with Crippen molar-refractivity contribution < 1.29 is 19.1 Å². The Labute approximate surface area is 179 Å². The molecule has 31 heavy (non-hydrogen) atoms. The first kappa shape index (κ1) is 20.2. The number of ether oxygens (including phenoxy) is 1. The van der Waals surface area contributed by atoms with E-state index >= 15 is 0 Å². The summed E-state index contributed by atoms with van der Waals surface area (Å²) in [6, 6.07) is 24.5. The minimum atomic E-state index is -1.20. The van der Waals surface area contributed by atoms with Gasteiger partial charge in [-0.1, -0.05) is 48.5 Å². The van der Waals surface area contributed by atoms with Crippen LogP contribution in [0.5, 0.6) is 11.5 Å². The number of hydrogen-bond acceptors (Lipinski definition) is 4. The standard InChI is InChI=1S/C24H21N3O4/c1-24(17-8-4-2-5-9-17)22(29)27(23(30)26-24)16-21(28)25-18-12-14-20(15-13-18)31-19-10-6-3-7-11-19/h2-15H,16H2,1H3,(H,25,28)(H,26,30). The molecule has 0 aliphatic carbocycles. The molecule has 2 N–H and O–H groups in total. The number of hydrogen-bond donors (Lipinski definition) is 2. The van der Waals surface area contributed by atoms with Gasteiger partial charge in [0, 0.05) is 5.69 Å². The third kappa shape index (κ3) is 4.25. The number of nitrogens with zero attached hydrogens (tertiary/aromatic N) is 1. The molecule has 156 valence electrons. The highest BCUT2D eigenvalue weighted by atomic mass is 16.5. The van der Waals surface area contributed by atoms with Gasteiger partial charge in [-0.2, -0.15) is 0 Å². The maximum absolute atomic E-state index is 12.9. The Morgan fingerprint density at radius 3 is 2.13 bits per heavy atom. The molecule has 7 nitrogen and oxygen atoms in total. The molecule has 0 bridgehead atoms. The molecule has 1 atom stereocenters. The monoisotopic (exact) mass is 415 g/mol. The second kappa shape index (κ2) is 8.31. The molecule has 4 rings (SSSR count). The largest absolute Gasteiger partial charge is 0.457 e. The van der Waals surface area contributed by atoms with Crippen molar-refractivity contribution in [1.82, 2.24) is 10.2 Å². The van der Waals surface area contributed by atoms with E-state index in [1.54, 1.807) is 55.5 Å². The lowest BCUT2D eigenvalue weighted by atomic mass is 9.92. The summed E-state index contributed by atoms with van der Waals surface area (Å²) in [5.74, 6) is 0.388. The van der Waals surface area contributed by atoms with Crippen LogP contribution in [-0.4, -0.2) is 29.3 Å². The van der Waals surface area contributed by atoms with Crippen molar-refractivity contribution in [2.45, 2.75) is 12.5 Å². The predicted octanol–water partition coefficient (Wildman–Crippen LogP) is 3.88. The van der Waals surface area contributed by atoms with E-state index in [-0.39, 0.29) is 6.54 Å². The van der Waals surface area contributed by atoms with Crippen molar-refractivity contribution >= 4 is 23.5 Å². The highest BCUT2D eigenvalue weighted by Gasteiger charge is 2.49. The third-order valence-electron chi connectivity index (χ3n) is 5.04. The summed E-state index contributed by atoms with van der Waals surface area (Å²) < 4.78 is 5.72. The third-order valence-corrected chi connectivity index (χ3v) is 5.04. The highest BCUT2D eigenvalue weighted by Crippen LogP contribution is 2.28. The molecule has 1 aliphatic rings. The van der Waals surface area contributed by atoms with Gasteiger partial charge in [0.05, 0.1) is 0 Å². The van der Waals surface area contributed by atoms with Crippen LogP contribution in [0.4, 0.5) is 10.5 Å². The lowest BCUT2D eigenvalue weighted by Gasteiger charge is -2.22. The maximum atomic E-state index is 12.9. The average Bonchev–Trinajstić information content (AvgIpc) is 3.00. The molecule has 1 saturated heterocycles. The Bertz CT molecular complexity index is 1100. The second-order valence-electron chi connectivity index (χ2n) is 7.30. The van der Waals surface area contributed by atoms with E-state index in [0.29, 0.717) is 22.7 Å². The van der Waals surface area contributed by atoms with Crippen LogP contribution in [0, 0.1) is 0 Å². The van der Waals surface area contributed by atoms with E-state index in [2.05, 4.69) is 10.6 Å². The minimum Gasteiger partial charge on any atom is -0.457 e. The molecule has 1 unspecified atom stereocenters. The average molecular weight is 415 g/mol. The van der Waals surface area contributed by atoms with Gasteiger partial charge in [0.1, 0.15) is 23.6 Å². The lowest BCUT2D eigenvalue weighted by Crippen LogP contribution is -2.42. The number of urea groups is 1. The number of nitrogens with one attached hydrogen (secondary N) is 2. The molecular formula is C24H21N3O4. The Morgan fingerprint density at radius 1 is 0.903 bits per heavy atom. The van der Waals surface area contributed by atoms with Gasteiger partial charge in [0.2, 0.25) is 5.91 Å². The molecule has 0 radical (unpaired) electrons. The summed E-state index contributed by atoms with van der Waals surface area (Å²) >= 11 is 0. The quantitative estimate of drug-likeness (QED) is 0.598. The van der Waals surface area contributed by atoms with Crippen molar-refractivity contribution in [3.8, 4) is 11.5 Å². The first-order valence-electron chi connectivity index (χ1n) is 9.78. The number of rotatable bonds is 6. The molecule has 3 aromatic carbocycles. The Hall–Kier alpha value is -4.13. The molecule has 4 amide bonds. The molecule has 3 aromatic rings. The van der Waals surface area contributed by atoms with E-state index in [9.17, 15) is 14.4 Å². The van der Waals surface area contributed by atoms with E-state index in [0.717, 1.165) is 4.90 Å². The summed E-state index contributed by atoms with van der Waals surface area (Å²) in [5.41, 5.74) is -0.0109. The van der Waals surface area contributed by atoms with E-state index in [1.807, 2.05) is 36.4 Å². The van der Waals surface area contributed by atoms with Crippen LogP contribution in [0.15, 0.2) is 84.9 Å². The van der Waals surface area contributed by atoms with Crippen LogP contribution in [0.25, 0.3) is 0 Å². The van der Waals surface area contributed by atoms with Crippen molar-refractivity contribution in [2.75, 3.05) is 11.9 Å². The summed E-state index contributed by atoms with van der Waals surface area (Å²) in [7, 11) is 0. The fourth-order valence-corrected chi connectivity index (χ4v) is 3.38. The normalized spacial score (nSPS) is 17.9. The SMILES string of the molecule is CC1(c2ccccc2)NC(=O)N(CC(=O)Nc2ccc(Oc3ccccc3)cc2)C1=O. The first-order valence-corrected chi connectivity index (χ1v) is 9.78. The van der Waals surface area contributed by atoms with Crippen molar-refractivity contribution in [2.24, 2.45) is 0 Å². The number of para-hydroxylation sites is 1. The smallest absolute Gasteiger partial charge is 0.325 e. The van der Waals surface area contributed by atoms with Gasteiger partial charge < -0.3 is 15.4 Å². The molecule has 7 heteroatoms. The number of benzene rings is 3. The molecule has 0 aromatic heterocycles. The topological polar surface area (TPSA) is 87.7 Å². The lowest BCUT2D eigenvalue weighted by molar-refractivity contribution is -0.133. The molecule has 0 saturated carbocycles. The highest BCUT2D eigenvalue weighted by molar-refractivity contribution is 6.10. The number of imide groups is 1. The minimum absolute atomic E-state index is 0.380. The van der Waals surface area contributed by atoms with Gasteiger partial charge >= 0.3 is 6.03 Å². The maximum Gasteiger partial charge on any atom is 0.325 e. The van der Waals surface area contributed by atoms with Gasteiger partial charge in [0.25, 0.3) is 5.91 Å². The van der Waals surface area contributed by atoms with Gasteiger partial charge in [0.15, 0.2) is 0 Å². The van der Waals surface area contributed by atoms with Gasteiger partial charge in [-0.15, -0.1) is 0 Å². The van der Waals surface area contributed by atoms with Crippen LogP contribution >= 0.6 is 0 Å². The zero-order chi connectivity index (χ0) is 21.8. The van der Waals surface area contributed by atoms with Crippen molar-refractivity contribution in [3.63, 3.8) is 0 Å². The van der Waals surface area contributed by atoms with Crippen molar-refractivity contribution in [1.29, 1.82) is 0 Å². The van der Waals surface area contributed by atoms with Crippen molar-refractivity contribution in [3.05, 3.63) is 90.5 Å². The second-order valence-corrected chi connectivity index (χ2v) is 7.30. The van der Waals surface area contributed by atoms with Crippen LogP contribution in [0.3, 0.4) is 0 Å². The fraction of sp³-hybridized carbons (Fsp3) is 0.125. The number of amides is 4. The number of anilines is 1.